The maximum absolute atomic E-state index is 12.2. The summed E-state index contributed by atoms with van der Waals surface area (Å²) in [6.07, 6.45) is -0.546. The van der Waals surface area contributed by atoms with Gasteiger partial charge in [-0.05, 0) is 45.1 Å². The van der Waals surface area contributed by atoms with Crippen LogP contribution in [0.1, 0.15) is 55.4 Å². The molecule has 0 atom stereocenters. The summed E-state index contributed by atoms with van der Waals surface area (Å²) >= 11 is 0. The summed E-state index contributed by atoms with van der Waals surface area (Å²) in [7, 11) is 0. The highest BCUT2D eigenvalue weighted by Crippen LogP contribution is 2.26. The van der Waals surface area contributed by atoms with Crippen LogP contribution in [0, 0.1) is 11.8 Å². The van der Waals surface area contributed by atoms with E-state index in [4.69, 9.17) is 9.47 Å². The van der Waals surface area contributed by atoms with Gasteiger partial charge < -0.3 is 9.47 Å². The van der Waals surface area contributed by atoms with Crippen molar-refractivity contribution in [3.05, 3.63) is 11.1 Å². The van der Waals surface area contributed by atoms with Crippen molar-refractivity contribution in [2.45, 2.75) is 67.6 Å². The van der Waals surface area contributed by atoms with E-state index in [2.05, 4.69) is 0 Å². The molecule has 0 saturated heterocycles. The van der Waals surface area contributed by atoms with Gasteiger partial charge in [0, 0.05) is 0 Å². The van der Waals surface area contributed by atoms with Gasteiger partial charge in [-0.15, -0.1) is 0 Å². The molecule has 0 heterocycles. The van der Waals surface area contributed by atoms with Crippen molar-refractivity contribution >= 4 is 11.9 Å². The number of allylic oxidation sites excluding steroid dienone is 1. The molecular formula is C16H28O4. The standard InChI is InChI=1S/C16H28O4/c1-9(2)13(10(3)4)14(15(17)19-11(5)6)16(18)20-12(7)8/h9-12H,1-8H3. The van der Waals surface area contributed by atoms with Gasteiger partial charge in [-0.25, -0.2) is 9.59 Å². The average Bonchev–Trinajstić information content (AvgIpc) is 2.21. The Hall–Kier alpha value is -1.32. The van der Waals surface area contributed by atoms with Crippen molar-refractivity contribution in [1.29, 1.82) is 0 Å². The van der Waals surface area contributed by atoms with Crippen LogP contribution in [0.4, 0.5) is 0 Å². The molecule has 4 nitrogen and oxygen atoms in total. The van der Waals surface area contributed by atoms with Crippen molar-refractivity contribution in [3.8, 4) is 0 Å². The predicted octanol–water partition coefficient (Wildman–Crippen LogP) is 3.50. The minimum Gasteiger partial charge on any atom is -0.459 e. The largest absolute Gasteiger partial charge is 0.459 e. The summed E-state index contributed by atoms with van der Waals surface area (Å²) in [5, 5.41) is 0. The van der Waals surface area contributed by atoms with Crippen molar-refractivity contribution in [2.24, 2.45) is 11.8 Å². The van der Waals surface area contributed by atoms with E-state index in [1.54, 1.807) is 27.7 Å². The highest BCUT2D eigenvalue weighted by atomic mass is 16.6. The molecule has 0 aliphatic rings. The van der Waals surface area contributed by atoms with Gasteiger partial charge >= 0.3 is 11.9 Å². The molecular weight excluding hydrogens is 256 g/mol. The zero-order valence-electron chi connectivity index (χ0n) is 13.9. The van der Waals surface area contributed by atoms with Gasteiger partial charge in [0.1, 0.15) is 5.57 Å². The molecule has 0 amide bonds. The Bertz CT molecular complexity index is 342. The van der Waals surface area contributed by atoms with Crippen molar-refractivity contribution in [1.82, 2.24) is 0 Å². The summed E-state index contributed by atoms with van der Waals surface area (Å²) in [4.78, 5) is 24.5. The zero-order chi connectivity index (χ0) is 16.0. The van der Waals surface area contributed by atoms with Crippen LogP contribution in [0.5, 0.6) is 0 Å². The normalized spacial score (nSPS) is 11.2. The third-order valence-electron chi connectivity index (χ3n) is 2.63. The third kappa shape index (κ3) is 5.76. The maximum Gasteiger partial charge on any atom is 0.345 e. The van der Waals surface area contributed by atoms with E-state index in [0.29, 0.717) is 0 Å². The first kappa shape index (κ1) is 18.7. The molecule has 0 aromatic rings. The molecule has 0 spiro atoms. The van der Waals surface area contributed by atoms with Crippen molar-refractivity contribution in [3.63, 3.8) is 0 Å². The number of esters is 2. The minimum absolute atomic E-state index is 0.0531. The number of carbonyl (C=O) groups excluding carboxylic acids is 2. The molecule has 0 saturated carbocycles. The van der Waals surface area contributed by atoms with E-state index < -0.39 is 11.9 Å². The molecule has 20 heavy (non-hydrogen) atoms. The highest BCUT2D eigenvalue weighted by molar-refractivity contribution is 6.15. The fourth-order valence-electron chi connectivity index (χ4n) is 2.11. The molecule has 4 heteroatoms. The molecule has 0 rings (SSSR count). The second kappa shape index (κ2) is 8.08. The Kier molecular flexibility index (Phi) is 7.54. The molecule has 0 radical (unpaired) electrons. The van der Waals surface area contributed by atoms with Crippen LogP contribution in [0.2, 0.25) is 0 Å². The summed E-state index contributed by atoms with van der Waals surface area (Å²) < 4.78 is 10.4. The zero-order valence-corrected chi connectivity index (χ0v) is 13.9. The van der Waals surface area contributed by atoms with Gasteiger partial charge in [-0.2, -0.15) is 0 Å². The lowest BCUT2D eigenvalue weighted by Gasteiger charge is -2.21. The lowest BCUT2D eigenvalue weighted by atomic mass is 9.88. The molecule has 0 aliphatic carbocycles. The second-order valence-electron chi connectivity index (χ2n) is 6.05. The monoisotopic (exact) mass is 284 g/mol. The Morgan fingerprint density at radius 3 is 1.15 bits per heavy atom. The van der Waals surface area contributed by atoms with Gasteiger partial charge in [-0.1, -0.05) is 27.7 Å². The molecule has 0 aliphatic heterocycles. The Morgan fingerprint density at radius 1 is 0.650 bits per heavy atom. The summed E-state index contributed by atoms with van der Waals surface area (Å²) in [6.45, 7) is 14.9. The van der Waals surface area contributed by atoms with E-state index >= 15 is 0 Å². The molecule has 0 N–H and O–H groups in total. The SMILES string of the molecule is CC(C)OC(=O)C(C(=O)OC(C)C)=C(C(C)C)C(C)C. The van der Waals surface area contributed by atoms with Crippen LogP contribution in [-0.2, 0) is 19.1 Å². The number of carbonyl (C=O) groups is 2. The van der Waals surface area contributed by atoms with Crippen LogP contribution in [-0.4, -0.2) is 24.1 Å². The van der Waals surface area contributed by atoms with Crippen LogP contribution in [0.3, 0.4) is 0 Å². The summed E-state index contributed by atoms with van der Waals surface area (Å²) in [5.74, 6) is -1.04. The first-order valence-electron chi connectivity index (χ1n) is 7.23. The van der Waals surface area contributed by atoms with E-state index in [0.717, 1.165) is 5.57 Å². The molecule has 116 valence electrons. The lowest BCUT2D eigenvalue weighted by molar-refractivity contribution is -0.151. The fraction of sp³-hybridized carbons (Fsp3) is 0.750. The molecule has 0 aromatic carbocycles. The average molecular weight is 284 g/mol. The predicted molar refractivity (Wildman–Crippen MR) is 79.2 cm³/mol. The second-order valence-corrected chi connectivity index (χ2v) is 6.05. The van der Waals surface area contributed by atoms with E-state index in [1.807, 2.05) is 27.7 Å². The van der Waals surface area contributed by atoms with Gasteiger partial charge in [0.15, 0.2) is 0 Å². The topological polar surface area (TPSA) is 52.6 Å². The van der Waals surface area contributed by atoms with Crippen LogP contribution in [0.15, 0.2) is 11.1 Å². The van der Waals surface area contributed by atoms with Gasteiger partial charge in [0.25, 0.3) is 0 Å². The molecule has 0 aromatic heterocycles. The van der Waals surface area contributed by atoms with E-state index in [9.17, 15) is 9.59 Å². The first-order chi connectivity index (χ1) is 9.07. The Balaban J connectivity index is 5.72. The Morgan fingerprint density at radius 2 is 0.950 bits per heavy atom. The van der Waals surface area contributed by atoms with Crippen molar-refractivity contribution in [2.75, 3.05) is 0 Å². The molecule has 0 bridgehead atoms. The molecule has 0 unspecified atom stereocenters. The van der Waals surface area contributed by atoms with Gasteiger partial charge in [0.05, 0.1) is 12.2 Å². The first-order valence-corrected chi connectivity index (χ1v) is 7.23. The summed E-state index contributed by atoms with van der Waals surface area (Å²) in [5.41, 5.74) is 0.832. The minimum atomic E-state index is -0.594. The van der Waals surface area contributed by atoms with Gasteiger partial charge in [0.2, 0.25) is 0 Å². The number of hydrogen-bond donors (Lipinski definition) is 0. The maximum atomic E-state index is 12.2. The number of ether oxygens (including phenoxy) is 2. The summed E-state index contributed by atoms with van der Waals surface area (Å²) in [6, 6.07) is 0. The quantitative estimate of drug-likeness (QED) is 0.324. The lowest BCUT2D eigenvalue weighted by Crippen LogP contribution is -2.27. The van der Waals surface area contributed by atoms with Crippen LogP contribution >= 0.6 is 0 Å². The smallest absolute Gasteiger partial charge is 0.345 e. The van der Waals surface area contributed by atoms with Gasteiger partial charge in [-0.3, -0.25) is 0 Å². The Labute approximate surface area is 122 Å². The fourth-order valence-corrected chi connectivity index (χ4v) is 2.11. The highest BCUT2D eigenvalue weighted by Gasteiger charge is 2.29. The van der Waals surface area contributed by atoms with Crippen LogP contribution in [0.25, 0.3) is 0 Å². The van der Waals surface area contributed by atoms with E-state index in [-0.39, 0.29) is 29.6 Å². The van der Waals surface area contributed by atoms with Crippen molar-refractivity contribution < 1.29 is 19.1 Å². The third-order valence-corrected chi connectivity index (χ3v) is 2.63. The number of rotatable bonds is 6. The van der Waals surface area contributed by atoms with Crippen LogP contribution < -0.4 is 0 Å². The molecule has 0 fully saturated rings. The number of hydrogen-bond acceptors (Lipinski definition) is 4. The van der Waals surface area contributed by atoms with E-state index in [1.165, 1.54) is 0 Å².